The molecule has 7 rings (SSSR count). The number of nitrogens with one attached hydrogen (secondary N) is 1. The average Bonchev–Trinajstić information content (AvgIpc) is 3.59. The molecule has 2 unspecified atom stereocenters. The lowest BCUT2D eigenvalue weighted by Crippen LogP contribution is -2.55. The number of carbonyl (C=O) groups is 1. The van der Waals surface area contributed by atoms with Gasteiger partial charge in [0, 0.05) is 25.2 Å². The molecule has 12 nitrogen and oxygen atoms in total. The third-order valence-electron chi connectivity index (χ3n) is 8.29. The van der Waals surface area contributed by atoms with E-state index in [4.69, 9.17) is 14.5 Å². The summed E-state index contributed by atoms with van der Waals surface area (Å²) in [7, 11) is 1.55. The van der Waals surface area contributed by atoms with Crippen molar-refractivity contribution in [3.63, 3.8) is 0 Å². The summed E-state index contributed by atoms with van der Waals surface area (Å²) in [6, 6.07) is 8.55. The van der Waals surface area contributed by atoms with Crippen molar-refractivity contribution in [2.75, 3.05) is 30.4 Å². The first-order valence-corrected chi connectivity index (χ1v) is 14.4. The number of alkyl halides is 2. The van der Waals surface area contributed by atoms with Gasteiger partial charge in [0.1, 0.15) is 40.9 Å². The van der Waals surface area contributed by atoms with Crippen LogP contribution in [0, 0.1) is 6.92 Å². The lowest BCUT2D eigenvalue weighted by Gasteiger charge is -2.40. The van der Waals surface area contributed by atoms with Crippen molar-refractivity contribution in [2.24, 2.45) is 0 Å². The highest BCUT2D eigenvalue weighted by Gasteiger charge is 2.42. The predicted molar refractivity (Wildman–Crippen MR) is 163 cm³/mol. The monoisotopic (exact) mass is 613 g/mol. The summed E-state index contributed by atoms with van der Waals surface area (Å²) < 4.78 is 39.0. The van der Waals surface area contributed by atoms with Crippen molar-refractivity contribution < 1.29 is 23.0 Å². The van der Waals surface area contributed by atoms with Crippen LogP contribution < -0.4 is 19.7 Å². The number of piperazine rings is 1. The average molecular weight is 614 g/mol. The van der Waals surface area contributed by atoms with Crippen molar-refractivity contribution in [1.82, 2.24) is 34.4 Å². The SMILES string of the molecule is C=CC(=O)N1C2CCC1CN(c1ncc3ncnc(Nc4cc(C)c(Oc5ccc6c(c5)ncn6C(F)F)cc4OC)c3n1)C2. The number of methoxy groups -OCH3 is 1. The summed E-state index contributed by atoms with van der Waals surface area (Å²) in [6.07, 6.45) is 7.46. The van der Waals surface area contributed by atoms with Gasteiger partial charge in [0.15, 0.2) is 5.82 Å². The molecular weight excluding hydrogens is 584 g/mol. The van der Waals surface area contributed by atoms with E-state index in [0.717, 1.165) is 29.3 Å². The Morgan fingerprint density at radius 3 is 2.60 bits per heavy atom. The van der Waals surface area contributed by atoms with Gasteiger partial charge in [-0.05, 0) is 49.6 Å². The Morgan fingerprint density at radius 2 is 1.87 bits per heavy atom. The Labute approximate surface area is 256 Å². The molecule has 1 amide bonds. The van der Waals surface area contributed by atoms with Gasteiger partial charge < -0.3 is 24.6 Å². The molecule has 2 fully saturated rings. The van der Waals surface area contributed by atoms with Crippen LogP contribution in [-0.4, -0.2) is 72.6 Å². The third-order valence-corrected chi connectivity index (χ3v) is 8.29. The van der Waals surface area contributed by atoms with E-state index in [0.29, 0.717) is 69.9 Å². The predicted octanol–water partition coefficient (Wildman–Crippen LogP) is 5.38. The van der Waals surface area contributed by atoms with E-state index in [-0.39, 0.29) is 18.0 Å². The van der Waals surface area contributed by atoms with E-state index in [2.05, 4.69) is 36.7 Å². The number of amides is 1. The quantitative estimate of drug-likeness (QED) is 0.228. The van der Waals surface area contributed by atoms with Gasteiger partial charge in [0.05, 0.1) is 42.1 Å². The number of nitrogens with zero attached hydrogens (tertiary/aromatic N) is 8. The van der Waals surface area contributed by atoms with Crippen molar-refractivity contribution >= 4 is 45.4 Å². The number of benzene rings is 2. The van der Waals surface area contributed by atoms with Crippen molar-refractivity contribution in [1.29, 1.82) is 0 Å². The Bertz CT molecular complexity index is 1940. The topological polar surface area (TPSA) is 123 Å². The van der Waals surface area contributed by atoms with E-state index in [1.807, 2.05) is 17.9 Å². The van der Waals surface area contributed by atoms with Crippen LogP contribution in [0.2, 0.25) is 0 Å². The minimum atomic E-state index is -2.68. The molecule has 5 aromatic rings. The maximum Gasteiger partial charge on any atom is 0.320 e. The van der Waals surface area contributed by atoms with E-state index in [1.165, 1.54) is 12.4 Å². The van der Waals surface area contributed by atoms with Crippen LogP contribution in [-0.2, 0) is 4.79 Å². The highest BCUT2D eigenvalue weighted by molar-refractivity contribution is 5.89. The Morgan fingerprint density at radius 1 is 1.07 bits per heavy atom. The van der Waals surface area contributed by atoms with Crippen molar-refractivity contribution in [2.45, 2.75) is 38.4 Å². The molecule has 2 bridgehead atoms. The second kappa shape index (κ2) is 11.3. The van der Waals surface area contributed by atoms with Gasteiger partial charge in [-0.1, -0.05) is 6.58 Å². The minimum Gasteiger partial charge on any atom is -0.494 e. The molecule has 1 N–H and O–H groups in total. The smallest absolute Gasteiger partial charge is 0.320 e. The van der Waals surface area contributed by atoms with Crippen molar-refractivity contribution in [3.05, 3.63) is 67.4 Å². The number of rotatable bonds is 8. The zero-order chi connectivity index (χ0) is 31.2. The zero-order valence-corrected chi connectivity index (χ0v) is 24.5. The lowest BCUT2D eigenvalue weighted by atomic mass is 10.1. The second-order valence-electron chi connectivity index (χ2n) is 11.0. The third kappa shape index (κ3) is 5.11. The molecular formula is C31H29F2N9O3. The van der Waals surface area contributed by atoms with E-state index in [9.17, 15) is 13.6 Å². The standard InChI is InChI=1S/C31H29F2N9O3/c1-4-27(43)42-18-5-6-19(42)14-40(13-18)31-34-12-23-28(39-31)29(36-15-35-23)38-22-9-17(2)25(11-26(22)44-3)45-20-7-8-24-21(10-20)37-16-41(24)30(32)33/h4,7-12,15-16,18-19,30H,1,5-6,13-14H2,2-3H3,(H,35,36,38). The summed E-state index contributed by atoms with van der Waals surface area (Å²) in [4.78, 5) is 38.8. The Hall–Kier alpha value is -5.40. The fourth-order valence-electron chi connectivity index (χ4n) is 6.15. The molecule has 14 heteroatoms. The number of anilines is 3. The first-order valence-electron chi connectivity index (χ1n) is 14.4. The normalized spacial score (nSPS) is 17.7. The van der Waals surface area contributed by atoms with Crippen LogP contribution in [0.15, 0.2) is 61.8 Å². The van der Waals surface area contributed by atoms with Gasteiger partial charge in [0.25, 0.3) is 0 Å². The fraction of sp³-hybridized carbons (Fsp3) is 0.290. The lowest BCUT2D eigenvalue weighted by molar-refractivity contribution is -0.129. The van der Waals surface area contributed by atoms with E-state index >= 15 is 0 Å². The largest absolute Gasteiger partial charge is 0.494 e. The van der Waals surface area contributed by atoms with Gasteiger partial charge in [0.2, 0.25) is 11.9 Å². The maximum atomic E-state index is 13.2. The zero-order valence-electron chi connectivity index (χ0n) is 24.5. The van der Waals surface area contributed by atoms with Crippen LogP contribution in [0.25, 0.3) is 22.1 Å². The number of aromatic nitrogens is 6. The van der Waals surface area contributed by atoms with Gasteiger partial charge in [-0.25, -0.2) is 24.9 Å². The van der Waals surface area contributed by atoms with Crippen LogP contribution in [0.1, 0.15) is 25.0 Å². The molecule has 2 aromatic carbocycles. The molecule has 45 heavy (non-hydrogen) atoms. The number of carbonyl (C=O) groups excluding carboxylic acids is 1. The molecule has 2 aliphatic heterocycles. The van der Waals surface area contributed by atoms with Crippen LogP contribution in [0.3, 0.4) is 0 Å². The second-order valence-corrected chi connectivity index (χ2v) is 11.0. The molecule has 5 heterocycles. The molecule has 0 radical (unpaired) electrons. The number of ether oxygens (including phenoxy) is 2. The first kappa shape index (κ1) is 28.4. The number of hydrogen-bond donors (Lipinski definition) is 1. The highest BCUT2D eigenvalue weighted by atomic mass is 19.3. The first-order chi connectivity index (χ1) is 21.8. The number of hydrogen-bond acceptors (Lipinski definition) is 10. The molecule has 0 spiro atoms. The molecule has 2 aliphatic rings. The van der Waals surface area contributed by atoms with Crippen LogP contribution in [0.4, 0.5) is 26.2 Å². The summed E-state index contributed by atoms with van der Waals surface area (Å²) in [6.45, 7) is 4.12. The summed E-state index contributed by atoms with van der Waals surface area (Å²) in [5, 5.41) is 3.34. The molecule has 3 aromatic heterocycles. The number of fused-ring (bicyclic) bond motifs is 4. The minimum absolute atomic E-state index is 0.0373. The van der Waals surface area contributed by atoms with Crippen molar-refractivity contribution in [3.8, 4) is 17.2 Å². The number of halogens is 2. The number of imidazole rings is 1. The van der Waals surface area contributed by atoms with Crippen LogP contribution in [0.5, 0.6) is 17.2 Å². The Balaban J connectivity index is 1.15. The fourth-order valence-corrected chi connectivity index (χ4v) is 6.15. The molecule has 0 aliphatic carbocycles. The van der Waals surface area contributed by atoms with Gasteiger partial charge in [-0.15, -0.1) is 0 Å². The van der Waals surface area contributed by atoms with Crippen LogP contribution >= 0.6 is 0 Å². The molecule has 0 saturated carbocycles. The number of aryl methyl sites for hydroxylation is 1. The van der Waals surface area contributed by atoms with Gasteiger partial charge >= 0.3 is 6.55 Å². The summed E-state index contributed by atoms with van der Waals surface area (Å²) in [5.41, 5.74) is 3.23. The van der Waals surface area contributed by atoms with Gasteiger partial charge in [-0.2, -0.15) is 8.78 Å². The van der Waals surface area contributed by atoms with E-state index in [1.54, 1.807) is 37.6 Å². The highest BCUT2D eigenvalue weighted by Crippen LogP contribution is 2.38. The molecule has 2 saturated heterocycles. The maximum absolute atomic E-state index is 13.2. The van der Waals surface area contributed by atoms with Gasteiger partial charge in [-0.3, -0.25) is 9.36 Å². The van der Waals surface area contributed by atoms with E-state index < -0.39 is 6.55 Å². The Kier molecular flexibility index (Phi) is 7.10. The molecule has 230 valence electrons. The summed E-state index contributed by atoms with van der Waals surface area (Å²) in [5.74, 6) is 2.43. The summed E-state index contributed by atoms with van der Waals surface area (Å²) >= 11 is 0. The molecule has 2 atom stereocenters.